The van der Waals surface area contributed by atoms with Crippen LogP contribution < -0.4 is 26.7 Å². The molecule has 2 amide bonds. The number of hydrogen-bond donors (Lipinski definition) is 5. The van der Waals surface area contributed by atoms with Crippen molar-refractivity contribution in [3.63, 3.8) is 0 Å². The third kappa shape index (κ3) is 5.49. The van der Waals surface area contributed by atoms with Crippen LogP contribution in [0.15, 0.2) is 41.5 Å². The van der Waals surface area contributed by atoms with Crippen LogP contribution in [-0.2, 0) is 4.79 Å². The fourth-order valence-electron chi connectivity index (χ4n) is 5.33. The topological polar surface area (TPSA) is 132 Å². The summed E-state index contributed by atoms with van der Waals surface area (Å²) in [5, 5.41) is 27.4. The summed E-state index contributed by atoms with van der Waals surface area (Å²) in [6, 6.07) is 12.1. The molecule has 1 aromatic heterocycles. The van der Waals surface area contributed by atoms with Crippen LogP contribution in [0.25, 0.3) is 11.1 Å². The predicted octanol–water partition coefficient (Wildman–Crippen LogP) is 4.17. The van der Waals surface area contributed by atoms with Crippen molar-refractivity contribution in [1.29, 1.82) is 0 Å². The Morgan fingerprint density at radius 2 is 1.52 bits per heavy atom. The van der Waals surface area contributed by atoms with E-state index in [0.29, 0.717) is 10.7 Å². The molecule has 0 aliphatic carbocycles. The lowest BCUT2D eigenvalue weighted by atomic mass is 9.94. The molecule has 10 nitrogen and oxygen atoms in total. The highest BCUT2D eigenvalue weighted by molar-refractivity contribution is 8.15. The van der Waals surface area contributed by atoms with Crippen LogP contribution in [0.1, 0.15) is 57.7 Å². The summed E-state index contributed by atoms with van der Waals surface area (Å²) >= 11 is 2.81. The molecule has 40 heavy (non-hydrogen) atoms. The van der Waals surface area contributed by atoms with E-state index in [2.05, 4.69) is 42.0 Å². The van der Waals surface area contributed by atoms with Crippen LogP contribution in [-0.4, -0.2) is 51.6 Å². The number of thioether (sulfide) groups is 1. The monoisotopic (exact) mass is 576 g/mol. The average molecular weight is 577 g/mol. The first-order valence-corrected chi connectivity index (χ1v) is 15.3. The lowest BCUT2D eigenvalue weighted by Gasteiger charge is -2.17. The van der Waals surface area contributed by atoms with Gasteiger partial charge in [-0.15, -0.1) is 10.2 Å². The molecule has 2 fully saturated rings. The SMILES string of the molecule is Cc1c(NC(=O)c2nnc([C@@H]3CCCN3)s2)cccc1-c1cccc(NC(=O)C2NN=C([C@@H]3CCCN3)S2)c1C. The second-order valence-electron chi connectivity index (χ2n) is 10.2. The Balaban J connectivity index is 1.15. The van der Waals surface area contributed by atoms with E-state index in [1.807, 2.05) is 50.2 Å². The molecule has 4 heterocycles. The van der Waals surface area contributed by atoms with Crippen LogP contribution in [0.5, 0.6) is 0 Å². The van der Waals surface area contributed by atoms with Gasteiger partial charge in [-0.2, -0.15) is 5.10 Å². The van der Waals surface area contributed by atoms with Crippen molar-refractivity contribution in [2.75, 3.05) is 23.7 Å². The van der Waals surface area contributed by atoms with Crippen molar-refractivity contribution in [2.24, 2.45) is 5.10 Å². The maximum Gasteiger partial charge on any atom is 0.286 e. The van der Waals surface area contributed by atoms with E-state index >= 15 is 0 Å². The number of anilines is 2. The first-order chi connectivity index (χ1) is 19.5. The molecule has 0 spiro atoms. The first kappa shape index (κ1) is 26.9. The van der Waals surface area contributed by atoms with Gasteiger partial charge in [-0.25, -0.2) is 0 Å². The van der Waals surface area contributed by atoms with Gasteiger partial charge in [0.15, 0.2) is 5.37 Å². The van der Waals surface area contributed by atoms with Crippen molar-refractivity contribution in [3.8, 4) is 11.1 Å². The number of hydrogen-bond acceptors (Lipinski definition) is 10. The fraction of sp³-hybridized carbons (Fsp3) is 0.393. The van der Waals surface area contributed by atoms with Crippen LogP contribution >= 0.6 is 23.1 Å². The Bertz CT molecular complexity index is 1460. The van der Waals surface area contributed by atoms with Gasteiger partial charge in [-0.1, -0.05) is 47.4 Å². The van der Waals surface area contributed by atoms with E-state index in [4.69, 9.17) is 0 Å². The summed E-state index contributed by atoms with van der Waals surface area (Å²) in [4.78, 5) is 26.1. The summed E-state index contributed by atoms with van der Waals surface area (Å²) in [5.41, 5.74) is 8.27. The molecule has 1 unspecified atom stereocenters. The van der Waals surface area contributed by atoms with E-state index in [1.165, 1.54) is 23.1 Å². The molecule has 0 saturated carbocycles. The number of amides is 2. The minimum Gasteiger partial charge on any atom is -0.323 e. The zero-order chi connectivity index (χ0) is 27.6. The van der Waals surface area contributed by atoms with Crippen LogP contribution in [0.4, 0.5) is 11.4 Å². The first-order valence-electron chi connectivity index (χ1n) is 13.6. The number of nitrogens with one attached hydrogen (secondary N) is 5. The van der Waals surface area contributed by atoms with E-state index in [0.717, 1.165) is 76.8 Å². The smallest absolute Gasteiger partial charge is 0.286 e. The molecule has 208 valence electrons. The van der Waals surface area contributed by atoms with Crippen molar-refractivity contribution in [3.05, 3.63) is 57.5 Å². The summed E-state index contributed by atoms with van der Waals surface area (Å²) in [6.07, 6.45) is 4.28. The Labute approximate surface area is 241 Å². The van der Waals surface area contributed by atoms with Gasteiger partial charge < -0.3 is 21.3 Å². The van der Waals surface area contributed by atoms with Gasteiger partial charge >= 0.3 is 0 Å². The van der Waals surface area contributed by atoms with Gasteiger partial charge in [0, 0.05) is 11.4 Å². The average Bonchev–Trinajstić information content (AvgIpc) is 3.77. The largest absolute Gasteiger partial charge is 0.323 e. The van der Waals surface area contributed by atoms with Gasteiger partial charge in [-0.05, 0) is 87.0 Å². The van der Waals surface area contributed by atoms with E-state index < -0.39 is 5.37 Å². The number of rotatable bonds is 7. The Morgan fingerprint density at radius 3 is 2.17 bits per heavy atom. The zero-order valence-electron chi connectivity index (χ0n) is 22.4. The Morgan fingerprint density at radius 1 is 0.875 bits per heavy atom. The zero-order valence-corrected chi connectivity index (χ0v) is 24.0. The fourth-order valence-corrected chi connectivity index (χ4v) is 7.16. The normalized spacial score (nSPS) is 22.1. The molecule has 0 radical (unpaired) electrons. The lowest BCUT2D eigenvalue weighted by Crippen LogP contribution is -2.33. The number of carbonyl (C=O) groups excluding carboxylic acids is 2. The van der Waals surface area contributed by atoms with Gasteiger partial charge in [0.1, 0.15) is 10.1 Å². The van der Waals surface area contributed by atoms with Crippen molar-refractivity contribution in [2.45, 2.75) is 57.0 Å². The third-order valence-electron chi connectivity index (χ3n) is 7.58. The highest BCUT2D eigenvalue weighted by Crippen LogP contribution is 2.35. The van der Waals surface area contributed by atoms with Crippen LogP contribution in [0.2, 0.25) is 0 Å². The van der Waals surface area contributed by atoms with Crippen molar-refractivity contribution >= 4 is 51.3 Å². The van der Waals surface area contributed by atoms with Gasteiger partial charge in [0.05, 0.1) is 12.1 Å². The summed E-state index contributed by atoms with van der Waals surface area (Å²) in [6.45, 7) is 5.93. The van der Waals surface area contributed by atoms with Gasteiger partial charge in [0.2, 0.25) is 5.01 Å². The molecule has 3 aliphatic rings. The summed E-state index contributed by atoms with van der Waals surface area (Å²) in [5.74, 6) is -0.403. The number of carbonyl (C=O) groups is 2. The maximum absolute atomic E-state index is 13.1. The molecule has 2 saturated heterocycles. The molecule has 3 aliphatic heterocycles. The highest BCUT2D eigenvalue weighted by Gasteiger charge is 2.32. The molecular formula is C28H32N8O2S2. The minimum absolute atomic E-state index is 0.135. The van der Waals surface area contributed by atoms with Crippen molar-refractivity contribution < 1.29 is 9.59 Å². The van der Waals surface area contributed by atoms with E-state index in [9.17, 15) is 9.59 Å². The number of hydrazone groups is 1. The molecule has 0 bridgehead atoms. The molecule has 6 rings (SSSR count). The summed E-state index contributed by atoms with van der Waals surface area (Å²) < 4.78 is 0. The molecule has 3 aromatic rings. The van der Waals surface area contributed by atoms with Crippen LogP contribution in [0, 0.1) is 13.8 Å². The highest BCUT2D eigenvalue weighted by atomic mass is 32.2. The van der Waals surface area contributed by atoms with Gasteiger partial charge in [-0.3, -0.25) is 15.0 Å². The number of aromatic nitrogens is 2. The maximum atomic E-state index is 13.1. The predicted molar refractivity (Wildman–Crippen MR) is 161 cm³/mol. The van der Waals surface area contributed by atoms with Crippen molar-refractivity contribution in [1.82, 2.24) is 26.3 Å². The molecule has 3 atom stereocenters. The third-order valence-corrected chi connectivity index (χ3v) is 9.79. The van der Waals surface area contributed by atoms with E-state index in [1.54, 1.807) is 0 Å². The quantitative estimate of drug-likeness (QED) is 0.283. The van der Waals surface area contributed by atoms with E-state index in [-0.39, 0.29) is 23.9 Å². The number of benzene rings is 2. The second-order valence-corrected chi connectivity index (χ2v) is 12.4. The molecule has 5 N–H and O–H groups in total. The Kier molecular flexibility index (Phi) is 7.83. The van der Waals surface area contributed by atoms with Gasteiger partial charge in [0.25, 0.3) is 11.8 Å². The molecular weight excluding hydrogens is 544 g/mol. The number of nitrogens with zero attached hydrogens (tertiary/aromatic N) is 3. The minimum atomic E-state index is -0.467. The second kappa shape index (κ2) is 11.7. The standard InChI is InChI=1S/C28H32N8O2S2/c1-15-17(7-3-9-19(15)31-23(37)27-35-33-25(39-27)21-11-5-13-29-21)18-8-4-10-20(16(18)2)32-24(38)28-36-34-26(40-28)22-12-6-14-30-22/h3-4,7-10,21-22,27,29-30,35H,5-6,11-14H2,1-2H3,(H,31,37)(H,32,38)/t21-,22-,27?/m0/s1. The summed E-state index contributed by atoms with van der Waals surface area (Å²) in [7, 11) is 0. The lowest BCUT2D eigenvalue weighted by molar-refractivity contribution is -0.116. The van der Waals surface area contributed by atoms with Crippen LogP contribution in [0.3, 0.4) is 0 Å². The molecule has 2 aromatic carbocycles. The Hall–Kier alpha value is -3.32. The molecule has 12 heteroatoms.